The van der Waals surface area contributed by atoms with Crippen LogP contribution in [0.3, 0.4) is 0 Å². The summed E-state index contributed by atoms with van der Waals surface area (Å²) >= 11 is 0. The Bertz CT molecular complexity index is 398. The highest BCUT2D eigenvalue weighted by atomic mass is 32.2. The van der Waals surface area contributed by atoms with E-state index in [0.717, 1.165) is 5.76 Å². The molecular formula is C11H20N2O3S. The summed E-state index contributed by atoms with van der Waals surface area (Å²) in [5, 5.41) is 3.07. The molecule has 0 saturated carbocycles. The van der Waals surface area contributed by atoms with Gasteiger partial charge in [0.2, 0.25) is 10.0 Å². The smallest absolute Gasteiger partial charge is 0.212 e. The number of hydrogen-bond acceptors (Lipinski definition) is 4. The second-order valence-electron chi connectivity index (χ2n) is 4.15. The summed E-state index contributed by atoms with van der Waals surface area (Å²) in [6.45, 7) is 4.80. The first-order valence-corrected chi connectivity index (χ1v) is 7.38. The predicted octanol–water partition coefficient (Wildman–Crippen LogP) is 0.740. The van der Waals surface area contributed by atoms with Crippen LogP contribution in [0.2, 0.25) is 0 Å². The Labute approximate surface area is 103 Å². The lowest BCUT2D eigenvalue weighted by atomic mass is 10.3. The molecule has 1 aromatic rings. The van der Waals surface area contributed by atoms with Crippen LogP contribution in [0.5, 0.6) is 0 Å². The van der Waals surface area contributed by atoms with Gasteiger partial charge in [-0.25, -0.2) is 13.1 Å². The fourth-order valence-electron chi connectivity index (χ4n) is 1.34. The van der Waals surface area contributed by atoms with Gasteiger partial charge < -0.3 is 9.73 Å². The molecule has 0 atom stereocenters. The van der Waals surface area contributed by atoms with Crippen LogP contribution >= 0.6 is 0 Å². The lowest BCUT2D eigenvalue weighted by Crippen LogP contribution is -2.35. The van der Waals surface area contributed by atoms with Gasteiger partial charge in [0, 0.05) is 25.6 Å². The SMILES string of the molecule is CC(C)NCCS(=O)(=O)NCCc1ccco1. The Hall–Kier alpha value is -0.850. The van der Waals surface area contributed by atoms with E-state index in [1.54, 1.807) is 12.3 Å². The molecular weight excluding hydrogens is 240 g/mol. The third-order valence-corrected chi connectivity index (χ3v) is 3.58. The normalized spacial score (nSPS) is 12.2. The lowest BCUT2D eigenvalue weighted by molar-refractivity contribution is 0.505. The molecule has 0 spiro atoms. The molecule has 2 N–H and O–H groups in total. The van der Waals surface area contributed by atoms with Crippen LogP contribution in [0.1, 0.15) is 19.6 Å². The maximum absolute atomic E-state index is 11.6. The van der Waals surface area contributed by atoms with Crippen molar-refractivity contribution in [1.29, 1.82) is 0 Å². The first kappa shape index (κ1) is 14.2. The fourth-order valence-corrected chi connectivity index (χ4v) is 2.28. The minimum atomic E-state index is -3.18. The van der Waals surface area contributed by atoms with Crippen LogP contribution in [0, 0.1) is 0 Å². The number of hydrogen-bond donors (Lipinski definition) is 2. The van der Waals surface area contributed by atoms with Gasteiger partial charge in [-0.05, 0) is 12.1 Å². The van der Waals surface area contributed by atoms with E-state index in [9.17, 15) is 8.42 Å². The summed E-state index contributed by atoms with van der Waals surface area (Å²) in [7, 11) is -3.18. The highest BCUT2D eigenvalue weighted by molar-refractivity contribution is 7.89. The van der Waals surface area contributed by atoms with Gasteiger partial charge in [-0.15, -0.1) is 0 Å². The molecule has 0 amide bonds. The van der Waals surface area contributed by atoms with Gasteiger partial charge >= 0.3 is 0 Å². The van der Waals surface area contributed by atoms with Crippen molar-refractivity contribution in [3.05, 3.63) is 24.2 Å². The summed E-state index contributed by atoms with van der Waals surface area (Å²) in [6.07, 6.45) is 2.15. The molecule has 0 fully saturated rings. The van der Waals surface area contributed by atoms with Gasteiger partial charge in [0.15, 0.2) is 0 Å². The van der Waals surface area contributed by atoms with Crippen molar-refractivity contribution in [2.45, 2.75) is 26.3 Å². The molecule has 0 aliphatic rings. The van der Waals surface area contributed by atoms with Crippen molar-refractivity contribution in [2.24, 2.45) is 0 Å². The van der Waals surface area contributed by atoms with E-state index in [1.165, 1.54) is 0 Å². The van der Waals surface area contributed by atoms with Gasteiger partial charge in [-0.3, -0.25) is 0 Å². The third-order valence-electron chi connectivity index (χ3n) is 2.20. The van der Waals surface area contributed by atoms with Crippen molar-refractivity contribution < 1.29 is 12.8 Å². The molecule has 1 heterocycles. The molecule has 17 heavy (non-hydrogen) atoms. The number of rotatable bonds is 8. The van der Waals surface area contributed by atoms with Crippen LogP contribution in [-0.4, -0.2) is 33.3 Å². The van der Waals surface area contributed by atoms with E-state index in [4.69, 9.17) is 4.42 Å². The largest absolute Gasteiger partial charge is 0.469 e. The van der Waals surface area contributed by atoms with Crippen LogP contribution in [-0.2, 0) is 16.4 Å². The molecule has 0 aromatic carbocycles. The summed E-state index contributed by atoms with van der Waals surface area (Å²) in [4.78, 5) is 0. The minimum absolute atomic E-state index is 0.101. The molecule has 0 radical (unpaired) electrons. The first-order valence-electron chi connectivity index (χ1n) is 5.73. The Morgan fingerprint density at radius 1 is 1.35 bits per heavy atom. The third kappa shape index (κ3) is 6.45. The van der Waals surface area contributed by atoms with Gasteiger partial charge in [0.25, 0.3) is 0 Å². The average molecular weight is 260 g/mol. The number of furan rings is 1. The maximum Gasteiger partial charge on any atom is 0.212 e. The Morgan fingerprint density at radius 3 is 2.71 bits per heavy atom. The molecule has 0 unspecified atom stereocenters. The summed E-state index contributed by atoms with van der Waals surface area (Å²) in [5.41, 5.74) is 0. The molecule has 1 rings (SSSR count). The zero-order valence-corrected chi connectivity index (χ0v) is 11.1. The zero-order chi connectivity index (χ0) is 12.7. The van der Waals surface area contributed by atoms with Crippen molar-refractivity contribution in [1.82, 2.24) is 10.0 Å². The highest BCUT2D eigenvalue weighted by Gasteiger charge is 2.09. The van der Waals surface area contributed by atoms with Gasteiger partial charge in [-0.2, -0.15) is 0 Å². The Balaban J connectivity index is 2.20. The second-order valence-corrected chi connectivity index (χ2v) is 6.08. The fraction of sp³-hybridized carbons (Fsp3) is 0.636. The molecule has 0 saturated heterocycles. The van der Waals surface area contributed by atoms with Crippen LogP contribution in [0.15, 0.2) is 22.8 Å². The Morgan fingerprint density at radius 2 is 2.12 bits per heavy atom. The van der Waals surface area contributed by atoms with E-state index < -0.39 is 10.0 Å². The van der Waals surface area contributed by atoms with Crippen LogP contribution in [0.25, 0.3) is 0 Å². The summed E-state index contributed by atoms with van der Waals surface area (Å²) < 4.78 is 30.8. The molecule has 5 nitrogen and oxygen atoms in total. The first-order chi connectivity index (χ1) is 7.99. The summed E-state index contributed by atoms with van der Waals surface area (Å²) in [5.74, 6) is 0.886. The Kier molecular flexibility index (Phi) is 5.67. The monoisotopic (exact) mass is 260 g/mol. The molecule has 0 aliphatic carbocycles. The molecule has 98 valence electrons. The predicted molar refractivity (Wildman–Crippen MR) is 67.3 cm³/mol. The van der Waals surface area contributed by atoms with Crippen molar-refractivity contribution in [3.8, 4) is 0 Å². The van der Waals surface area contributed by atoms with E-state index in [-0.39, 0.29) is 5.75 Å². The van der Waals surface area contributed by atoms with E-state index in [1.807, 2.05) is 19.9 Å². The van der Waals surface area contributed by atoms with Gasteiger partial charge in [-0.1, -0.05) is 13.8 Å². The standard InChI is InChI=1S/C11H20N2O3S/c1-10(2)12-7-9-17(14,15)13-6-5-11-4-3-8-16-11/h3-4,8,10,12-13H,5-7,9H2,1-2H3. The van der Waals surface area contributed by atoms with Crippen molar-refractivity contribution >= 4 is 10.0 Å². The molecule has 0 aliphatic heterocycles. The van der Waals surface area contributed by atoms with Crippen LogP contribution in [0.4, 0.5) is 0 Å². The van der Waals surface area contributed by atoms with Gasteiger partial charge in [0.1, 0.15) is 5.76 Å². The minimum Gasteiger partial charge on any atom is -0.469 e. The molecule has 1 aromatic heterocycles. The highest BCUT2D eigenvalue weighted by Crippen LogP contribution is 1.99. The van der Waals surface area contributed by atoms with Crippen molar-refractivity contribution in [2.75, 3.05) is 18.8 Å². The number of sulfonamides is 1. The van der Waals surface area contributed by atoms with Crippen molar-refractivity contribution in [3.63, 3.8) is 0 Å². The van der Waals surface area contributed by atoms with E-state index in [2.05, 4.69) is 10.0 Å². The lowest BCUT2D eigenvalue weighted by Gasteiger charge is -2.09. The zero-order valence-electron chi connectivity index (χ0n) is 10.3. The topological polar surface area (TPSA) is 71.3 Å². The van der Waals surface area contributed by atoms with Crippen LogP contribution < -0.4 is 10.0 Å². The quantitative estimate of drug-likeness (QED) is 0.723. The second kappa shape index (κ2) is 6.78. The summed E-state index contributed by atoms with van der Waals surface area (Å²) in [6, 6.07) is 3.92. The molecule has 0 bridgehead atoms. The van der Waals surface area contributed by atoms with E-state index >= 15 is 0 Å². The molecule has 6 heteroatoms. The maximum atomic E-state index is 11.6. The average Bonchev–Trinajstić information content (AvgIpc) is 2.69. The van der Waals surface area contributed by atoms with E-state index in [0.29, 0.717) is 25.6 Å². The van der Waals surface area contributed by atoms with Gasteiger partial charge in [0.05, 0.1) is 12.0 Å². The number of nitrogens with one attached hydrogen (secondary N) is 2.